The van der Waals surface area contributed by atoms with E-state index in [9.17, 15) is 10.2 Å². The number of aromatic amines is 1. The molecule has 2 aromatic rings. The molecule has 0 bridgehead atoms. The van der Waals surface area contributed by atoms with Gasteiger partial charge >= 0.3 is 0 Å². The Morgan fingerprint density at radius 3 is 2.64 bits per heavy atom. The molecule has 74 valence electrons. The third-order valence-electron chi connectivity index (χ3n) is 2.34. The maximum Gasteiger partial charge on any atom is 0.125 e. The number of hydrogen-bond acceptors (Lipinski definition) is 2. The van der Waals surface area contributed by atoms with Crippen molar-refractivity contribution in [2.75, 3.05) is 0 Å². The van der Waals surface area contributed by atoms with Crippen LogP contribution in [0.15, 0.2) is 24.4 Å². The van der Waals surface area contributed by atoms with Crippen LogP contribution in [0.1, 0.15) is 19.4 Å². The van der Waals surface area contributed by atoms with E-state index in [-0.39, 0.29) is 5.75 Å². The van der Waals surface area contributed by atoms with E-state index in [0.717, 1.165) is 5.52 Å². The molecule has 0 aliphatic carbocycles. The Balaban J connectivity index is 2.80. The summed E-state index contributed by atoms with van der Waals surface area (Å²) in [5.41, 5.74) is 0.601. The van der Waals surface area contributed by atoms with Crippen molar-refractivity contribution < 1.29 is 10.2 Å². The Morgan fingerprint density at radius 2 is 2.00 bits per heavy atom. The summed E-state index contributed by atoms with van der Waals surface area (Å²) >= 11 is 0. The lowest BCUT2D eigenvalue weighted by molar-refractivity contribution is 0.0800. The number of hydrogen-bond donors (Lipinski definition) is 3. The summed E-state index contributed by atoms with van der Waals surface area (Å²) in [6, 6.07) is 5.25. The topological polar surface area (TPSA) is 56.2 Å². The molecule has 0 amide bonds. The van der Waals surface area contributed by atoms with E-state index in [1.54, 1.807) is 32.2 Å². The summed E-state index contributed by atoms with van der Waals surface area (Å²) in [4.78, 5) is 3.02. The minimum absolute atomic E-state index is 0.195. The molecule has 0 saturated heterocycles. The molecule has 1 heterocycles. The van der Waals surface area contributed by atoms with Crippen LogP contribution in [0.2, 0.25) is 0 Å². The van der Waals surface area contributed by atoms with Crippen molar-refractivity contribution in [3.8, 4) is 5.75 Å². The van der Waals surface area contributed by atoms with Crippen LogP contribution >= 0.6 is 0 Å². The lowest BCUT2D eigenvalue weighted by Crippen LogP contribution is -2.14. The quantitative estimate of drug-likeness (QED) is 0.646. The molecule has 0 radical (unpaired) electrons. The van der Waals surface area contributed by atoms with Gasteiger partial charge in [0.15, 0.2) is 0 Å². The van der Waals surface area contributed by atoms with Crippen molar-refractivity contribution in [3.63, 3.8) is 0 Å². The number of phenolic OH excluding ortho intramolecular Hbond substituents is 1. The predicted octanol–water partition coefficient (Wildman–Crippen LogP) is 2.10. The van der Waals surface area contributed by atoms with Crippen LogP contribution in [-0.2, 0) is 5.60 Å². The van der Waals surface area contributed by atoms with Crippen molar-refractivity contribution >= 4 is 10.9 Å². The second kappa shape index (κ2) is 2.75. The molecule has 0 atom stereocenters. The van der Waals surface area contributed by atoms with E-state index in [1.165, 1.54) is 0 Å². The van der Waals surface area contributed by atoms with Crippen LogP contribution in [0.4, 0.5) is 0 Å². The van der Waals surface area contributed by atoms with Crippen molar-refractivity contribution in [2.24, 2.45) is 0 Å². The van der Waals surface area contributed by atoms with Gasteiger partial charge in [0.2, 0.25) is 0 Å². The lowest BCUT2D eigenvalue weighted by atomic mass is 9.97. The normalized spacial score (nSPS) is 12.2. The highest BCUT2D eigenvalue weighted by molar-refractivity contribution is 5.89. The van der Waals surface area contributed by atoms with E-state index in [0.29, 0.717) is 10.9 Å². The van der Waals surface area contributed by atoms with E-state index >= 15 is 0 Å². The molecule has 3 nitrogen and oxygen atoms in total. The largest absolute Gasteiger partial charge is 0.507 e. The highest BCUT2D eigenvalue weighted by Gasteiger charge is 2.21. The van der Waals surface area contributed by atoms with Gasteiger partial charge in [-0.1, -0.05) is 6.07 Å². The molecule has 0 spiro atoms. The van der Waals surface area contributed by atoms with E-state index in [1.807, 2.05) is 6.07 Å². The number of phenols is 1. The van der Waals surface area contributed by atoms with Crippen LogP contribution in [0.3, 0.4) is 0 Å². The molecular formula is C11H13NO2. The molecule has 3 heteroatoms. The molecule has 14 heavy (non-hydrogen) atoms. The van der Waals surface area contributed by atoms with Gasteiger partial charge in [-0.05, 0) is 26.0 Å². The fourth-order valence-electron chi connectivity index (χ4n) is 1.65. The molecule has 0 saturated carbocycles. The summed E-state index contributed by atoms with van der Waals surface area (Å²) < 4.78 is 0. The highest BCUT2D eigenvalue weighted by atomic mass is 16.3. The number of nitrogens with one attached hydrogen (secondary N) is 1. The van der Waals surface area contributed by atoms with Gasteiger partial charge in [0, 0.05) is 22.7 Å². The number of benzene rings is 1. The molecule has 0 unspecified atom stereocenters. The Bertz CT molecular complexity index is 466. The minimum atomic E-state index is -0.947. The van der Waals surface area contributed by atoms with Gasteiger partial charge in [-0.2, -0.15) is 0 Å². The molecule has 0 fully saturated rings. The zero-order chi connectivity index (χ0) is 10.3. The Kier molecular flexibility index (Phi) is 1.79. The zero-order valence-corrected chi connectivity index (χ0v) is 8.20. The van der Waals surface area contributed by atoms with Crippen molar-refractivity contribution in [2.45, 2.75) is 19.4 Å². The zero-order valence-electron chi connectivity index (χ0n) is 8.20. The number of aromatic hydroxyl groups is 1. The summed E-state index contributed by atoms with van der Waals surface area (Å²) in [6.45, 7) is 3.39. The van der Waals surface area contributed by atoms with Crippen LogP contribution in [0, 0.1) is 0 Å². The average Bonchev–Trinajstić information content (AvgIpc) is 2.47. The van der Waals surface area contributed by atoms with E-state index in [4.69, 9.17) is 0 Å². The van der Waals surface area contributed by atoms with Crippen LogP contribution < -0.4 is 0 Å². The smallest absolute Gasteiger partial charge is 0.125 e. The molecule has 2 rings (SSSR count). The first kappa shape index (κ1) is 9.09. The predicted molar refractivity (Wildman–Crippen MR) is 55.2 cm³/mol. The van der Waals surface area contributed by atoms with Crippen LogP contribution in [0.25, 0.3) is 10.9 Å². The molecule has 0 aliphatic heterocycles. The Morgan fingerprint density at radius 1 is 1.29 bits per heavy atom. The van der Waals surface area contributed by atoms with Crippen LogP contribution in [-0.4, -0.2) is 15.2 Å². The van der Waals surface area contributed by atoms with Gasteiger partial charge in [-0.25, -0.2) is 0 Å². The Labute approximate surface area is 82.0 Å². The summed E-state index contributed by atoms with van der Waals surface area (Å²) in [7, 11) is 0. The van der Waals surface area contributed by atoms with Gasteiger partial charge < -0.3 is 15.2 Å². The van der Waals surface area contributed by atoms with Gasteiger partial charge in [0.05, 0.1) is 5.60 Å². The SMILES string of the molecule is CC(C)(O)c1c[nH]c2cccc(O)c12. The maximum atomic E-state index is 9.87. The minimum Gasteiger partial charge on any atom is -0.507 e. The molecule has 0 aliphatic rings. The first-order valence-corrected chi connectivity index (χ1v) is 4.52. The number of rotatable bonds is 1. The molecular weight excluding hydrogens is 178 g/mol. The highest BCUT2D eigenvalue weighted by Crippen LogP contribution is 2.33. The summed E-state index contributed by atoms with van der Waals surface area (Å²) in [5, 5.41) is 20.2. The Hall–Kier alpha value is -1.48. The second-order valence-corrected chi connectivity index (χ2v) is 3.96. The first-order valence-electron chi connectivity index (χ1n) is 4.52. The third kappa shape index (κ3) is 1.26. The third-order valence-corrected chi connectivity index (χ3v) is 2.34. The van der Waals surface area contributed by atoms with Gasteiger partial charge in [0.1, 0.15) is 5.75 Å². The fourth-order valence-corrected chi connectivity index (χ4v) is 1.65. The second-order valence-electron chi connectivity index (χ2n) is 3.96. The fraction of sp³-hybridized carbons (Fsp3) is 0.273. The summed E-state index contributed by atoms with van der Waals surface area (Å²) in [6.07, 6.45) is 1.73. The molecule has 1 aromatic carbocycles. The van der Waals surface area contributed by atoms with Crippen molar-refractivity contribution in [3.05, 3.63) is 30.0 Å². The number of fused-ring (bicyclic) bond motifs is 1. The maximum absolute atomic E-state index is 9.87. The number of aliphatic hydroxyl groups is 1. The van der Waals surface area contributed by atoms with Gasteiger partial charge in [-0.3, -0.25) is 0 Å². The lowest BCUT2D eigenvalue weighted by Gasteiger charge is -2.16. The van der Waals surface area contributed by atoms with Crippen LogP contribution in [0.5, 0.6) is 5.75 Å². The number of aromatic nitrogens is 1. The monoisotopic (exact) mass is 191 g/mol. The number of H-pyrrole nitrogens is 1. The standard InChI is InChI=1S/C11H13NO2/c1-11(2,14)7-6-12-8-4-3-5-9(13)10(7)8/h3-6,12-14H,1-2H3. The van der Waals surface area contributed by atoms with Gasteiger partial charge in [-0.15, -0.1) is 0 Å². The van der Waals surface area contributed by atoms with Crippen molar-refractivity contribution in [1.82, 2.24) is 4.98 Å². The van der Waals surface area contributed by atoms with Crippen molar-refractivity contribution in [1.29, 1.82) is 0 Å². The van der Waals surface area contributed by atoms with E-state index in [2.05, 4.69) is 4.98 Å². The summed E-state index contributed by atoms with van der Waals surface area (Å²) in [5.74, 6) is 0.195. The molecule has 1 aromatic heterocycles. The average molecular weight is 191 g/mol. The van der Waals surface area contributed by atoms with Gasteiger partial charge in [0.25, 0.3) is 0 Å². The first-order chi connectivity index (χ1) is 6.50. The molecule has 3 N–H and O–H groups in total. The van der Waals surface area contributed by atoms with E-state index < -0.39 is 5.60 Å².